The van der Waals surface area contributed by atoms with E-state index >= 15 is 0 Å². The molecule has 1 saturated carbocycles. The average molecular weight is 451 g/mol. The number of hydrogen-bond acceptors (Lipinski definition) is 4. The van der Waals surface area contributed by atoms with Crippen LogP contribution >= 0.6 is 0 Å². The zero-order chi connectivity index (χ0) is 22.6. The molecule has 1 aromatic carbocycles. The smallest absolute Gasteiger partial charge is 0.224 e. The van der Waals surface area contributed by atoms with E-state index in [1.807, 2.05) is 19.4 Å². The minimum atomic E-state index is 0.00886. The second kappa shape index (κ2) is 10.3. The van der Waals surface area contributed by atoms with Crippen LogP contribution in [0.5, 0.6) is 5.75 Å². The minimum absolute atomic E-state index is 0.00886. The third kappa shape index (κ3) is 5.60. The quantitative estimate of drug-likeness (QED) is 0.696. The summed E-state index contributed by atoms with van der Waals surface area (Å²) in [5.41, 5.74) is 2.91. The Hall–Kier alpha value is -2.34. The second-order valence-corrected chi connectivity index (χ2v) is 10.4. The van der Waals surface area contributed by atoms with Crippen molar-refractivity contribution in [2.45, 2.75) is 70.4 Å². The van der Waals surface area contributed by atoms with Crippen LogP contribution in [0.25, 0.3) is 0 Å². The van der Waals surface area contributed by atoms with E-state index < -0.39 is 0 Å². The molecule has 1 aliphatic heterocycles. The molecule has 2 atom stereocenters. The zero-order valence-electron chi connectivity index (χ0n) is 20.0. The SMILES string of the molecule is Cn1ccnc1CN1C[C@@H](COc2ccc3c(c2)CCC3)C[C@@H](C(=O)NC2CCCCC2)C1. The highest BCUT2D eigenvalue weighted by atomic mass is 16.5. The summed E-state index contributed by atoms with van der Waals surface area (Å²) in [5, 5.41) is 3.37. The number of rotatable bonds is 7. The van der Waals surface area contributed by atoms with Crippen molar-refractivity contribution in [3.63, 3.8) is 0 Å². The van der Waals surface area contributed by atoms with Crippen molar-refractivity contribution < 1.29 is 9.53 Å². The van der Waals surface area contributed by atoms with Gasteiger partial charge in [0, 0.05) is 44.5 Å². The number of aryl methyl sites for hydroxylation is 3. The molecular formula is C27H38N4O2. The molecule has 1 aromatic heterocycles. The summed E-state index contributed by atoms with van der Waals surface area (Å²) < 4.78 is 8.35. The van der Waals surface area contributed by atoms with Gasteiger partial charge in [-0.15, -0.1) is 0 Å². The van der Waals surface area contributed by atoms with Crippen molar-refractivity contribution in [3.05, 3.63) is 47.5 Å². The summed E-state index contributed by atoms with van der Waals surface area (Å²) in [4.78, 5) is 20.1. The molecule has 1 amide bonds. The van der Waals surface area contributed by atoms with Gasteiger partial charge in [-0.05, 0) is 61.8 Å². The van der Waals surface area contributed by atoms with Gasteiger partial charge in [-0.2, -0.15) is 0 Å². The predicted molar refractivity (Wildman–Crippen MR) is 129 cm³/mol. The molecule has 2 aliphatic carbocycles. The summed E-state index contributed by atoms with van der Waals surface area (Å²) in [6.45, 7) is 3.15. The van der Waals surface area contributed by atoms with Gasteiger partial charge in [-0.25, -0.2) is 4.98 Å². The maximum absolute atomic E-state index is 13.2. The largest absolute Gasteiger partial charge is 0.493 e. The maximum atomic E-state index is 13.2. The molecule has 2 heterocycles. The number of amides is 1. The molecule has 6 heteroatoms. The zero-order valence-corrected chi connectivity index (χ0v) is 20.0. The van der Waals surface area contributed by atoms with Crippen LogP contribution in [0.4, 0.5) is 0 Å². The molecule has 0 radical (unpaired) electrons. The highest BCUT2D eigenvalue weighted by Crippen LogP contribution is 2.29. The fraction of sp³-hybridized carbons (Fsp3) is 0.630. The Balaban J connectivity index is 1.24. The fourth-order valence-electron chi connectivity index (χ4n) is 5.91. The Morgan fingerprint density at radius 1 is 1.12 bits per heavy atom. The monoisotopic (exact) mass is 450 g/mol. The number of likely N-dealkylation sites (tertiary alicyclic amines) is 1. The van der Waals surface area contributed by atoms with Crippen molar-refractivity contribution in [1.29, 1.82) is 0 Å². The van der Waals surface area contributed by atoms with Gasteiger partial charge < -0.3 is 14.6 Å². The van der Waals surface area contributed by atoms with E-state index in [9.17, 15) is 4.79 Å². The lowest BCUT2D eigenvalue weighted by molar-refractivity contribution is -0.128. The number of carbonyl (C=O) groups excluding carboxylic acids is 1. The van der Waals surface area contributed by atoms with Crippen LogP contribution in [0, 0.1) is 11.8 Å². The van der Waals surface area contributed by atoms with E-state index in [2.05, 4.69) is 38.0 Å². The van der Waals surface area contributed by atoms with Crippen LogP contribution in [0.15, 0.2) is 30.6 Å². The van der Waals surface area contributed by atoms with E-state index in [1.165, 1.54) is 43.2 Å². The number of aromatic nitrogens is 2. The Kier molecular flexibility index (Phi) is 7.00. The molecule has 6 nitrogen and oxygen atoms in total. The summed E-state index contributed by atoms with van der Waals surface area (Å²) >= 11 is 0. The van der Waals surface area contributed by atoms with Crippen LogP contribution in [0.3, 0.4) is 0 Å². The molecule has 0 bridgehead atoms. The second-order valence-electron chi connectivity index (χ2n) is 10.4. The number of nitrogens with one attached hydrogen (secondary N) is 1. The first-order valence-electron chi connectivity index (χ1n) is 12.9. The first-order chi connectivity index (χ1) is 16.1. The number of carbonyl (C=O) groups is 1. The number of nitrogens with zero attached hydrogens (tertiary/aromatic N) is 3. The van der Waals surface area contributed by atoms with Crippen molar-refractivity contribution in [2.75, 3.05) is 19.7 Å². The topological polar surface area (TPSA) is 59.4 Å². The van der Waals surface area contributed by atoms with E-state index in [0.717, 1.165) is 56.9 Å². The van der Waals surface area contributed by atoms with Gasteiger partial charge in [-0.3, -0.25) is 9.69 Å². The molecule has 178 valence electrons. The van der Waals surface area contributed by atoms with Gasteiger partial charge >= 0.3 is 0 Å². The first-order valence-corrected chi connectivity index (χ1v) is 12.9. The maximum Gasteiger partial charge on any atom is 0.224 e. The fourth-order valence-corrected chi connectivity index (χ4v) is 5.91. The summed E-state index contributed by atoms with van der Waals surface area (Å²) in [6, 6.07) is 6.93. The summed E-state index contributed by atoms with van der Waals surface area (Å²) in [7, 11) is 2.04. The van der Waals surface area contributed by atoms with E-state index in [4.69, 9.17) is 4.74 Å². The van der Waals surface area contributed by atoms with Crippen LogP contribution in [0.2, 0.25) is 0 Å². The Morgan fingerprint density at radius 2 is 1.97 bits per heavy atom. The van der Waals surface area contributed by atoms with Gasteiger partial charge in [0.1, 0.15) is 11.6 Å². The van der Waals surface area contributed by atoms with Gasteiger partial charge in [-0.1, -0.05) is 25.3 Å². The Labute approximate surface area is 197 Å². The van der Waals surface area contributed by atoms with Gasteiger partial charge in [0.2, 0.25) is 5.91 Å². The molecule has 0 unspecified atom stereocenters. The molecule has 1 N–H and O–H groups in total. The van der Waals surface area contributed by atoms with E-state index in [0.29, 0.717) is 18.6 Å². The number of piperidine rings is 1. The van der Waals surface area contributed by atoms with Crippen molar-refractivity contribution in [3.8, 4) is 5.75 Å². The normalized spacial score (nSPS) is 23.9. The molecule has 33 heavy (non-hydrogen) atoms. The summed E-state index contributed by atoms with van der Waals surface area (Å²) in [6.07, 6.45) is 14.4. The van der Waals surface area contributed by atoms with Gasteiger partial charge in [0.05, 0.1) is 19.1 Å². The standard InChI is InChI=1S/C27H38N4O2/c1-30-13-12-28-26(30)18-31-16-20(19-33-25-11-10-21-6-5-7-22(21)15-25)14-23(17-31)27(32)29-24-8-3-2-4-9-24/h10-13,15,20,23-24H,2-9,14,16-19H2,1H3,(H,29,32)/t20-,23+/m0/s1. The first kappa shape index (κ1) is 22.5. The lowest BCUT2D eigenvalue weighted by Crippen LogP contribution is -2.49. The van der Waals surface area contributed by atoms with E-state index in [1.54, 1.807) is 0 Å². The van der Waals surface area contributed by atoms with Crippen molar-refractivity contribution in [1.82, 2.24) is 19.8 Å². The molecule has 5 rings (SSSR count). The number of ether oxygens (including phenoxy) is 1. The summed E-state index contributed by atoms with van der Waals surface area (Å²) in [5.74, 6) is 2.58. The molecule has 1 saturated heterocycles. The molecule has 2 fully saturated rings. The molecular weight excluding hydrogens is 412 g/mol. The number of hydrogen-bond donors (Lipinski definition) is 1. The van der Waals surface area contributed by atoms with Crippen LogP contribution in [-0.4, -0.2) is 46.1 Å². The third-order valence-corrected chi connectivity index (χ3v) is 7.78. The minimum Gasteiger partial charge on any atom is -0.493 e. The van der Waals surface area contributed by atoms with Crippen LogP contribution < -0.4 is 10.1 Å². The lowest BCUT2D eigenvalue weighted by atomic mass is 9.88. The van der Waals surface area contributed by atoms with Gasteiger partial charge in [0.15, 0.2) is 0 Å². The molecule has 3 aliphatic rings. The van der Waals surface area contributed by atoms with Crippen LogP contribution in [-0.2, 0) is 31.2 Å². The predicted octanol–water partition coefficient (Wildman–Crippen LogP) is 3.87. The van der Waals surface area contributed by atoms with Crippen molar-refractivity contribution in [2.24, 2.45) is 18.9 Å². The van der Waals surface area contributed by atoms with Crippen molar-refractivity contribution >= 4 is 5.91 Å². The van der Waals surface area contributed by atoms with E-state index in [-0.39, 0.29) is 11.8 Å². The Morgan fingerprint density at radius 3 is 2.79 bits per heavy atom. The van der Waals surface area contributed by atoms with Crippen LogP contribution in [0.1, 0.15) is 61.9 Å². The molecule has 0 spiro atoms. The number of benzene rings is 1. The number of imidazole rings is 1. The number of fused-ring (bicyclic) bond motifs is 1. The highest BCUT2D eigenvalue weighted by Gasteiger charge is 2.33. The average Bonchev–Trinajstić information content (AvgIpc) is 3.46. The molecule has 2 aromatic rings. The highest BCUT2D eigenvalue weighted by molar-refractivity contribution is 5.79. The Bertz CT molecular complexity index is 949. The van der Waals surface area contributed by atoms with Gasteiger partial charge in [0.25, 0.3) is 0 Å². The lowest BCUT2D eigenvalue weighted by Gasteiger charge is -2.37. The third-order valence-electron chi connectivity index (χ3n) is 7.78.